The van der Waals surface area contributed by atoms with E-state index in [4.69, 9.17) is 21.1 Å². The second kappa shape index (κ2) is 9.36. The van der Waals surface area contributed by atoms with Crippen LogP contribution in [-0.4, -0.2) is 30.7 Å². The number of halogens is 2. The quantitative estimate of drug-likeness (QED) is 0.514. The van der Waals surface area contributed by atoms with Crippen LogP contribution >= 0.6 is 22.9 Å². The monoisotopic (exact) mass is 500 g/mol. The highest BCUT2D eigenvalue weighted by Gasteiger charge is 2.33. The number of fused-ring (bicyclic) bond motifs is 1. The van der Waals surface area contributed by atoms with E-state index in [0.29, 0.717) is 21.6 Å². The van der Waals surface area contributed by atoms with Crippen LogP contribution in [0, 0.1) is 5.82 Å². The molecule has 34 heavy (non-hydrogen) atoms. The van der Waals surface area contributed by atoms with Gasteiger partial charge in [-0.15, -0.1) is 0 Å². The van der Waals surface area contributed by atoms with Gasteiger partial charge in [0.1, 0.15) is 5.82 Å². The van der Waals surface area contributed by atoms with E-state index in [1.165, 1.54) is 43.1 Å². The molecule has 0 aliphatic carbocycles. The molecule has 0 N–H and O–H groups in total. The van der Waals surface area contributed by atoms with Crippen molar-refractivity contribution in [2.75, 3.05) is 14.2 Å². The number of benzene rings is 2. The summed E-state index contributed by atoms with van der Waals surface area (Å²) < 4.78 is 25.6. The van der Waals surface area contributed by atoms with Crippen molar-refractivity contribution in [2.45, 2.75) is 13.0 Å². The molecule has 4 rings (SSSR count). The molecule has 1 aliphatic heterocycles. The number of rotatable bonds is 4. The van der Waals surface area contributed by atoms with Gasteiger partial charge in [-0.05, 0) is 42.8 Å². The van der Waals surface area contributed by atoms with Gasteiger partial charge >= 0.3 is 11.9 Å². The molecule has 1 aliphatic rings. The second-order valence-electron chi connectivity index (χ2n) is 7.32. The van der Waals surface area contributed by atoms with Crippen LogP contribution in [0.2, 0.25) is 5.02 Å². The molecule has 0 saturated heterocycles. The third-order valence-corrected chi connectivity index (χ3v) is 6.66. The zero-order chi connectivity index (χ0) is 24.6. The molecule has 3 aromatic rings. The van der Waals surface area contributed by atoms with Gasteiger partial charge in [0.05, 0.1) is 46.7 Å². The Morgan fingerprint density at radius 2 is 1.79 bits per heavy atom. The van der Waals surface area contributed by atoms with Gasteiger partial charge in [-0.25, -0.2) is 19.0 Å². The number of allylic oxidation sites excluding steroid dienone is 1. The molecular weight excluding hydrogens is 483 g/mol. The van der Waals surface area contributed by atoms with Crippen molar-refractivity contribution in [3.8, 4) is 0 Å². The Hall–Kier alpha value is -3.56. The van der Waals surface area contributed by atoms with Gasteiger partial charge in [-0.2, -0.15) is 0 Å². The van der Waals surface area contributed by atoms with Crippen molar-refractivity contribution >= 4 is 41.0 Å². The third kappa shape index (κ3) is 4.08. The van der Waals surface area contributed by atoms with E-state index >= 15 is 0 Å². The molecule has 0 bridgehead atoms. The summed E-state index contributed by atoms with van der Waals surface area (Å²) in [7, 11) is 2.52. The van der Waals surface area contributed by atoms with Crippen LogP contribution in [-0.2, 0) is 14.3 Å². The predicted octanol–water partition coefficient (Wildman–Crippen LogP) is 2.99. The van der Waals surface area contributed by atoms with E-state index in [9.17, 15) is 18.8 Å². The zero-order valence-electron chi connectivity index (χ0n) is 18.3. The lowest BCUT2D eigenvalue weighted by molar-refractivity contribution is -0.136. The largest absolute Gasteiger partial charge is 0.466 e. The Kier molecular flexibility index (Phi) is 6.49. The van der Waals surface area contributed by atoms with Gasteiger partial charge in [0, 0.05) is 5.56 Å². The molecule has 174 valence electrons. The molecule has 7 nitrogen and oxygen atoms in total. The summed E-state index contributed by atoms with van der Waals surface area (Å²) in [5.74, 6) is -1.73. The molecule has 0 spiro atoms. The first-order valence-electron chi connectivity index (χ1n) is 10.00. The summed E-state index contributed by atoms with van der Waals surface area (Å²) in [6, 6.07) is 9.72. The van der Waals surface area contributed by atoms with Crippen molar-refractivity contribution in [1.82, 2.24) is 4.57 Å². The normalized spacial score (nSPS) is 15.6. The summed E-state index contributed by atoms with van der Waals surface area (Å²) in [5.41, 5.74) is 1.03. The first-order valence-corrected chi connectivity index (χ1v) is 11.2. The van der Waals surface area contributed by atoms with E-state index in [-0.39, 0.29) is 20.7 Å². The van der Waals surface area contributed by atoms with Crippen molar-refractivity contribution in [3.63, 3.8) is 0 Å². The number of hydrogen-bond donors (Lipinski definition) is 0. The second-order valence-corrected chi connectivity index (χ2v) is 8.74. The fraction of sp³-hybridized carbons (Fsp3) is 0.167. The molecular formula is C24H18ClFN2O5S. The molecule has 0 saturated carbocycles. The standard InChI is InChI=1S/C24H18ClFN2O5S/c1-12-19(23(31)33-3)20(13-7-9-14(10-8-13)22(30)32-2)28-21(29)18(34-24(28)27-12)11-15-16(25)5-4-6-17(15)26/h4-11,20H,1-3H3/b18-11+. The third-order valence-electron chi connectivity index (χ3n) is 5.35. The molecule has 2 heterocycles. The van der Waals surface area contributed by atoms with E-state index in [0.717, 1.165) is 11.3 Å². The van der Waals surface area contributed by atoms with E-state index in [1.807, 2.05) is 0 Å². The van der Waals surface area contributed by atoms with Gasteiger partial charge in [-0.1, -0.05) is 41.1 Å². The summed E-state index contributed by atoms with van der Waals surface area (Å²) in [6.07, 6.45) is 1.37. The maximum atomic E-state index is 14.4. The van der Waals surface area contributed by atoms with Crippen LogP contribution in [0.4, 0.5) is 4.39 Å². The first-order chi connectivity index (χ1) is 16.3. The van der Waals surface area contributed by atoms with Gasteiger partial charge in [0.15, 0.2) is 4.80 Å². The van der Waals surface area contributed by atoms with Crippen LogP contribution in [0.1, 0.15) is 34.5 Å². The van der Waals surface area contributed by atoms with Gasteiger partial charge in [0.2, 0.25) is 0 Å². The van der Waals surface area contributed by atoms with Crippen molar-refractivity contribution in [3.05, 3.63) is 101 Å². The smallest absolute Gasteiger partial charge is 0.338 e. The molecule has 0 amide bonds. The maximum absolute atomic E-state index is 14.4. The van der Waals surface area contributed by atoms with Gasteiger partial charge in [-0.3, -0.25) is 9.36 Å². The first kappa shape index (κ1) is 23.6. The Morgan fingerprint density at radius 3 is 2.41 bits per heavy atom. The Balaban J connectivity index is 1.96. The zero-order valence-corrected chi connectivity index (χ0v) is 19.9. The van der Waals surface area contributed by atoms with Crippen molar-refractivity contribution in [2.24, 2.45) is 4.99 Å². The molecule has 10 heteroatoms. The lowest BCUT2D eigenvalue weighted by Crippen LogP contribution is -2.39. The SMILES string of the molecule is COC(=O)C1=C(C)N=c2s/c(=C/c3c(F)cccc3Cl)c(=O)n2C1c1ccc(C(=O)OC)cc1. The van der Waals surface area contributed by atoms with Gasteiger partial charge in [0.25, 0.3) is 5.56 Å². The minimum Gasteiger partial charge on any atom is -0.466 e. The summed E-state index contributed by atoms with van der Waals surface area (Å²) in [5, 5.41) is 0.159. The Morgan fingerprint density at radius 1 is 1.12 bits per heavy atom. The summed E-state index contributed by atoms with van der Waals surface area (Å²) in [6.45, 7) is 1.65. The summed E-state index contributed by atoms with van der Waals surface area (Å²) in [4.78, 5) is 42.8. The number of esters is 2. The number of nitrogens with zero attached hydrogens (tertiary/aromatic N) is 2. The van der Waals surface area contributed by atoms with E-state index in [1.54, 1.807) is 31.2 Å². The molecule has 2 aromatic carbocycles. The Bertz CT molecular complexity index is 1500. The maximum Gasteiger partial charge on any atom is 0.338 e. The molecule has 0 fully saturated rings. The van der Waals surface area contributed by atoms with Crippen molar-refractivity contribution in [1.29, 1.82) is 0 Å². The predicted molar refractivity (Wildman–Crippen MR) is 125 cm³/mol. The molecule has 0 radical (unpaired) electrons. The van der Waals surface area contributed by atoms with Crippen LogP contribution in [0.5, 0.6) is 0 Å². The number of carbonyl (C=O) groups is 2. The van der Waals surface area contributed by atoms with E-state index in [2.05, 4.69) is 4.99 Å². The highest BCUT2D eigenvalue weighted by atomic mass is 35.5. The van der Waals surface area contributed by atoms with Crippen LogP contribution < -0.4 is 14.9 Å². The fourth-order valence-electron chi connectivity index (χ4n) is 3.71. The van der Waals surface area contributed by atoms with Crippen molar-refractivity contribution < 1.29 is 23.5 Å². The minimum atomic E-state index is -0.867. The fourth-order valence-corrected chi connectivity index (χ4v) is 4.95. The number of hydrogen-bond acceptors (Lipinski definition) is 7. The lowest BCUT2D eigenvalue weighted by atomic mass is 9.95. The summed E-state index contributed by atoms with van der Waals surface area (Å²) >= 11 is 7.19. The highest BCUT2D eigenvalue weighted by Crippen LogP contribution is 2.31. The number of aromatic nitrogens is 1. The number of thiazole rings is 1. The topological polar surface area (TPSA) is 87.0 Å². The number of methoxy groups -OCH3 is 2. The van der Waals surface area contributed by atoms with E-state index < -0.39 is 29.4 Å². The van der Waals surface area contributed by atoms with Crippen LogP contribution in [0.15, 0.2) is 63.5 Å². The number of carbonyl (C=O) groups excluding carboxylic acids is 2. The van der Waals surface area contributed by atoms with Gasteiger partial charge < -0.3 is 9.47 Å². The number of ether oxygens (including phenoxy) is 2. The lowest BCUT2D eigenvalue weighted by Gasteiger charge is -2.24. The van der Waals surface area contributed by atoms with Crippen LogP contribution in [0.25, 0.3) is 6.08 Å². The average molecular weight is 501 g/mol. The molecule has 1 unspecified atom stereocenters. The minimum absolute atomic E-state index is 0.0808. The Labute approximate surface area is 202 Å². The highest BCUT2D eigenvalue weighted by molar-refractivity contribution is 7.07. The molecule has 1 atom stereocenters. The van der Waals surface area contributed by atoms with Crippen LogP contribution in [0.3, 0.4) is 0 Å². The molecule has 1 aromatic heterocycles. The average Bonchev–Trinajstić information content (AvgIpc) is 3.14.